The van der Waals surface area contributed by atoms with E-state index in [2.05, 4.69) is 51.6 Å². The summed E-state index contributed by atoms with van der Waals surface area (Å²) >= 11 is 0. The van der Waals surface area contributed by atoms with Crippen molar-refractivity contribution < 1.29 is 4.79 Å². The maximum absolute atomic E-state index is 11.9. The minimum atomic E-state index is -0.00365. The van der Waals surface area contributed by atoms with Gasteiger partial charge in [-0.1, -0.05) is 38.1 Å². The van der Waals surface area contributed by atoms with Crippen LogP contribution in [0.3, 0.4) is 0 Å². The molecule has 1 unspecified atom stereocenters. The summed E-state index contributed by atoms with van der Waals surface area (Å²) < 4.78 is 0. The summed E-state index contributed by atoms with van der Waals surface area (Å²) in [6.07, 6.45) is 0. The van der Waals surface area contributed by atoms with Crippen molar-refractivity contribution in [2.75, 3.05) is 46.3 Å². The normalized spacial score (nSPS) is 15.7. The fourth-order valence-electron chi connectivity index (χ4n) is 3.05. The molecule has 5 nitrogen and oxygen atoms in total. The van der Waals surface area contributed by atoms with Crippen LogP contribution in [0.25, 0.3) is 0 Å². The summed E-state index contributed by atoms with van der Waals surface area (Å²) in [6, 6.07) is 8.62. The Labute approximate surface area is 182 Å². The predicted molar refractivity (Wildman–Crippen MR) is 121 cm³/mol. The molecule has 1 fully saturated rings. The molecule has 0 saturated carbocycles. The minimum absolute atomic E-state index is 0. The largest absolute Gasteiger partial charge is 0.352 e. The molecule has 1 heterocycles. The van der Waals surface area contributed by atoms with E-state index in [4.69, 9.17) is 0 Å². The average molecular weight is 442 g/mol. The highest BCUT2D eigenvalue weighted by atomic mass is 35.5. The number of carbonyl (C=O) groups excluding carboxylic acids is 1. The first-order valence-electron chi connectivity index (χ1n) is 9.07. The van der Waals surface area contributed by atoms with Crippen LogP contribution in [0, 0.1) is 5.92 Å². The van der Waals surface area contributed by atoms with Crippen LogP contribution in [0.1, 0.15) is 25.0 Å². The van der Waals surface area contributed by atoms with E-state index in [1.165, 1.54) is 18.7 Å². The van der Waals surface area contributed by atoms with Gasteiger partial charge in [0, 0.05) is 51.7 Å². The van der Waals surface area contributed by atoms with E-state index in [9.17, 15) is 4.79 Å². The molecule has 2 N–H and O–H groups in total. The molecule has 1 aliphatic heterocycles. The quantitative estimate of drug-likeness (QED) is 0.651. The van der Waals surface area contributed by atoms with Crippen molar-refractivity contribution in [1.82, 2.24) is 20.4 Å². The first-order chi connectivity index (χ1) is 11.6. The van der Waals surface area contributed by atoms with E-state index in [1.54, 1.807) is 0 Å². The number of likely N-dealkylation sites (N-methyl/N-ethyl adjacent to an activating group) is 1. The Hall–Kier alpha value is -0.560. The van der Waals surface area contributed by atoms with E-state index < -0.39 is 0 Å². The van der Waals surface area contributed by atoms with E-state index in [1.807, 2.05) is 14.0 Å². The van der Waals surface area contributed by atoms with E-state index >= 15 is 0 Å². The van der Waals surface area contributed by atoms with Gasteiger partial charge in [-0.3, -0.25) is 9.69 Å². The lowest BCUT2D eigenvalue weighted by Crippen LogP contribution is -2.45. The maximum atomic E-state index is 11.9. The molecule has 1 aromatic rings. The third-order valence-electron chi connectivity index (χ3n) is 4.77. The summed E-state index contributed by atoms with van der Waals surface area (Å²) in [5.74, 6) is 0.0956. The lowest BCUT2D eigenvalue weighted by molar-refractivity contribution is -0.124. The van der Waals surface area contributed by atoms with Gasteiger partial charge < -0.3 is 15.5 Å². The molecule has 0 aliphatic carbocycles. The number of piperazine rings is 1. The van der Waals surface area contributed by atoms with Crippen LogP contribution in [0.15, 0.2) is 24.3 Å². The van der Waals surface area contributed by atoms with E-state index in [0.29, 0.717) is 13.1 Å². The second-order valence-electron chi connectivity index (χ2n) is 6.70. The zero-order valence-corrected chi connectivity index (χ0v) is 19.0. The van der Waals surface area contributed by atoms with Crippen LogP contribution in [0.2, 0.25) is 0 Å². The molecule has 0 radical (unpaired) electrons. The molecule has 0 aromatic heterocycles. The van der Waals surface area contributed by atoms with Crippen LogP contribution >= 0.6 is 37.2 Å². The molecule has 158 valence electrons. The summed E-state index contributed by atoms with van der Waals surface area (Å²) in [4.78, 5) is 16.9. The molecule has 0 bridgehead atoms. The van der Waals surface area contributed by atoms with Gasteiger partial charge in [-0.15, -0.1) is 37.2 Å². The van der Waals surface area contributed by atoms with Gasteiger partial charge in [-0.2, -0.15) is 0 Å². The van der Waals surface area contributed by atoms with Crippen molar-refractivity contribution >= 4 is 43.1 Å². The summed E-state index contributed by atoms with van der Waals surface area (Å²) in [5, 5.41) is 6.03. The van der Waals surface area contributed by atoms with Gasteiger partial charge in [-0.05, 0) is 24.7 Å². The second-order valence-corrected chi connectivity index (χ2v) is 6.70. The molecule has 2 rings (SSSR count). The standard InChI is InChI=1S/C19H32N4O.3ClH/c1-4-22-9-11-23(12-10-22)15-18-7-5-17(6-8-18)14-21-19(24)16(2)13-20-3;;;/h5-8,16,20H,4,9-15H2,1-3H3,(H,21,24);3*1H. The molecule has 1 saturated heterocycles. The molecule has 1 aliphatic rings. The Morgan fingerprint density at radius 3 is 2.04 bits per heavy atom. The molecular weight excluding hydrogens is 407 g/mol. The number of halogens is 3. The highest BCUT2D eigenvalue weighted by molar-refractivity contribution is 5.86. The molecular formula is C19H35Cl3N4O. The number of rotatable bonds is 8. The van der Waals surface area contributed by atoms with Gasteiger partial charge in [0.1, 0.15) is 0 Å². The first-order valence-corrected chi connectivity index (χ1v) is 9.07. The van der Waals surface area contributed by atoms with Crippen LogP contribution < -0.4 is 10.6 Å². The van der Waals surface area contributed by atoms with Crippen LogP contribution in [-0.2, 0) is 17.9 Å². The summed E-state index contributed by atoms with van der Waals surface area (Å²) in [5.41, 5.74) is 2.50. The van der Waals surface area contributed by atoms with Gasteiger partial charge in [0.2, 0.25) is 5.91 Å². The van der Waals surface area contributed by atoms with Gasteiger partial charge >= 0.3 is 0 Å². The monoisotopic (exact) mass is 440 g/mol. The van der Waals surface area contributed by atoms with E-state index in [-0.39, 0.29) is 49.0 Å². The Bertz CT molecular complexity index is 508. The number of hydrogen-bond acceptors (Lipinski definition) is 4. The summed E-state index contributed by atoms with van der Waals surface area (Å²) in [6.45, 7) is 12.3. The van der Waals surface area contributed by atoms with E-state index in [0.717, 1.165) is 31.7 Å². The number of benzene rings is 1. The lowest BCUT2D eigenvalue weighted by Gasteiger charge is -2.34. The first kappa shape index (κ1) is 28.6. The Morgan fingerprint density at radius 2 is 1.52 bits per heavy atom. The van der Waals surface area contributed by atoms with Crippen molar-refractivity contribution in [3.63, 3.8) is 0 Å². The predicted octanol–water partition coefficient (Wildman–Crippen LogP) is 2.56. The highest BCUT2D eigenvalue weighted by Crippen LogP contribution is 2.10. The number of nitrogens with zero attached hydrogens (tertiary/aromatic N) is 2. The molecule has 8 heteroatoms. The van der Waals surface area contributed by atoms with Gasteiger partial charge in [0.15, 0.2) is 0 Å². The zero-order valence-electron chi connectivity index (χ0n) is 16.6. The zero-order chi connectivity index (χ0) is 17.4. The van der Waals surface area contributed by atoms with Crippen LogP contribution in [0.5, 0.6) is 0 Å². The smallest absolute Gasteiger partial charge is 0.224 e. The van der Waals surface area contributed by atoms with Gasteiger partial charge in [-0.25, -0.2) is 0 Å². The number of amides is 1. The average Bonchev–Trinajstić information content (AvgIpc) is 2.61. The van der Waals surface area contributed by atoms with Crippen LogP contribution in [0.4, 0.5) is 0 Å². The summed E-state index contributed by atoms with van der Waals surface area (Å²) in [7, 11) is 1.87. The third kappa shape index (κ3) is 9.97. The molecule has 0 spiro atoms. The SMILES string of the molecule is CCN1CCN(Cc2ccc(CNC(=O)C(C)CNC)cc2)CC1.Cl.Cl.Cl. The Morgan fingerprint density at radius 1 is 1.00 bits per heavy atom. The highest BCUT2D eigenvalue weighted by Gasteiger charge is 2.15. The molecule has 1 amide bonds. The minimum Gasteiger partial charge on any atom is -0.352 e. The molecule has 1 atom stereocenters. The maximum Gasteiger partial charge on any atom is 0.224 e. The Kier molecular flexibility index (Phi) is 16.3. The fourth-order valence-corrected chi connectivity index (χ4v) is 3.05. The number of nitrogens with one attached hydrogen (secondary N) is 2. The third-order valence-corrected chi connectivity index (χ3v) is 4.77. The topological polar surface area (TPSA) is 47.6 Å². The van der Waals surface area contributed by atoms with Crippen molar-refractivity contribution in [1.29, 1.82) is 0 Å². The molecule has 27 heavy (non-hydrogen) atoms. The lowest BCUT2D eigenvalue weighted by atomic mass is 10.1. The van der Waals surface area contributed by atoms with Crippen LogP contribution in [-0.4, -0.2) is 62.0 Å². The number of hydrogen-bond donors (Lipinski definition) is 2. The van der Waals surface area contributed by atoms with Gasteiger partial charge in [0.05, 0.1) is 0 Å². The van der Waals surface area contributed by atoms with Gasteiger partial charge in [0.25, 0.3) is 0 Å². The van der Waals surface area contributed by atoms with Crippen molar-refractivity contribution in [2.24, 2.45) is 5.92 Å². The van der Waals surface area contributed by atoms with Crippen molar-refractivity contribution in [3.8, 4) is 0 Å². The molecule has 1 aromatic carbocycles. The second kappa shape index (κ2) is 15.4. The van der Waals surface area contributed by atoms with Crippen molar-refractivity contribution in [3.05, 3.63) is 35.4 Å². The van der Waals surface area contributed by atoms with Crippen molar-refractivity contribution in [2.45, 2.75) is 26.9 Å². The fraction of sp³-hybridized carbons (Fsp3) is 0.632. The Balaban J connectivity index is 0. The number of carbonyl (C=O) groups is 1.